The van der Waals surface area contributed by atoms with Gasteiger partial charge in [0, 0.05) is 12.8 Å². The van der Waals surface area contributed by atoms with Crippen molar-refractivity contribution in [3.05, 3.63) is 102 Å². The number of hydrogen-bond acceptors (Lipinski definition) is 3. The van der Waals surface area contributed by atoms with Crippen LogP contribution in [0, 0.1) is 0 Å². The highest BCUT2D eigenvalue weighted by molar-refractivity contribution is 7.80. The fourth-order valence-electron chi connectivity index (χ4n) is 3.48. The van der Waals surface area contributed by atoms with Crippen LogP contribution in [0.2, 0.25) is 0 Å². The molecule has 4 heteroatoms. The van der Waals surface area contributed by atoms with Gasteiger partial charge < -0.3 is 4.74 Å². The molecule has 3 nitrogen and oxygen atoms in total. The van der Waals surface area contributed by atoms with Gasteiger partial charge in [0.15, 0.2) is 5.60 Å². The number of nitrogens with zero attached hydrogens (tertiary/aromatic N) is 1. The second-order valence-electron chi connectivity index (χ2n) is 6.66. The fraction of sp³-hybridized carbons (Fsp3) is 0.130. The number of anilines is 1. The van der Waals surface area contributed by atoms with Gasteiger partial charge in [-0.05, 0) is 35.5 Å². The van der Waals surface area contributed by atoms with Crippen LogP contribution in [0.25, 0.3) is 0 Å². The summed E-state index contributed by atoms with van der Waals surface area (Å²) in [6, 6.07) is 29.3. The summed E-state index contributed by atoms with van der Waals surface area (Å²) in [7, 11) is 0. The van der Waals surface area contributed by atoms with Crippen LogP contribution in [0.5, 0.6) is 0 Å². The van der Waals surface area contributed by atoms with E-state index in [-0.39, 0.29) is 11.1 Å². The zero-order valence-electron chi connectivity index (χ0n) is 14.7. The summed E-state index contributed by atoms with van der Waals surface area (Å²) in [5.74, 6) is -0.119. The molecule has 0 atom stereocenters. The molecule has 1 amide bonds. The summed E-state index contributed by atoms with van der Waals surface area (Å²) in [6.45, 7) is 0. The van der Waals surface area contributed by atoms with Crippen LogP contribution in [0.15, 0.2) is 91.0 Å². The van der Waals surface area contributed by atoms with Crippen LogP contribution in [0.3, 0.4) is 0 Å². The summed E-state index contributed by atoms with van der Waals surface area (Å²) in [6.07, 6.45) is 0.927. The Bertz CT molecular complexity index is 900. The third kappa shape index (κ3) is 3.49. The first-order valence-corrected chi connectivity index (χ1v) is 9.29. The third-order valence-electron chi connectivity index (χ3n) is 4.74. The first-order chi connectivity index (χ1) is 13.2. The number of carbonyl (C=O) groups is 1. The van der Waals surface area contributed by atoms with Crippen LogP contribution in [0.1, 0.15) is 11.1 Å². The van der Waals surface area contributed by atoms with Gasteiger partial charge in [-0.15, -0.1) is 0 Å². The first-order valence-electron chi connectivity index (χ1n) is 8.88. The Balaban J connectivity index is 1.74. The number of thiocarbonyl (C=S) groups is 1. The van der Waals surface area contributed by atoms with E-state index in [0.29, 0.717) is 12.8 Å². The highest BCUT2D eigenvalue weighted by Gasteiger charge is 2.52. The Labute approximate surface area is 164 Å². The molecule has 1 saturated heterocycles. The molecule has 0 radical (unpaired) electrons. The van der Waals surface area contributed by atoms with Crippen molar-refractivity contribution in [3.63, 3.8) is 0 Å². The smallest absolute Gasteiger partial charge is 0.279 e. The zero-order valence-corrected chi connectivity index (χ0v) is 15.6. The Morgan fingerprint density at radius 3 is 1.67 bits per heavy atom. The van der Waals surface area contributed by atoms with Crippen molar-refractivity contribution in [2.75, 3.05) is 4.90 Å². The van der Waals surface area contributed by atoms with Crippen molar-refractivity contribution in [1.29, 1.82) is 0 Å². The van der Waals surface area contributed by atoms with E-state index in [4.69, 9.17) is 17.0 Å². The Kier molecular flexibility index (Phi) is 4.73. The minimum atomic E-state index is -1.05. The molecule has 1 heterocycles. The predicted octanol–water partition coefficient (Wildman–Crippen LogP) is 4.56. The number of hydrogen-bond donors (Lipinski definition) is 0. The van der Waals surface area contributed by atoms with Gasteiger partial charge in [-0.1, -0.05) is 78.9 Å². The minimum absolute atomic E-state index is 0.119. The molecule has 1 fully saturated rings. The van der Waals surface area contributed by atoms with E-state index in [2.05, 4.69) is 0 Å². The quantitative estimate of drug-likeness (QED) is 0.614. The Morgan fingerprint density at radius 1 is 0.741 bits per heavy atom. The molecule has 3 aromatic carbocycles. The molecule has 0 N–H and O–H groups in total. The van der Waals surface area contributed by atoms with E-state index in [1.54, 1.807) is 0 Å². The molecular formula is C23H19NO2S. The molecule has 1 aliphatic rings. The second-order valence-corrected chi connectivity index (χ2v) is 7.01. The minimum Gasteiger partial charge on any atom is -0.453 e. The normalized spacial score (nSPS) is 15.6. The van der Waals surface area contributed by atoms with Crippen molar-refractivity contribution in [1.82, 2.24) is 0 Å². The highest BCUT2D eigenvalue weighted by Crippen LogP contribution is 2.35. The second kappa shape index (κ2) is 7.33. The third-order valence-corrected chi connectivity index (χ3v) is 5.00. The van der Waals surface area contributed by atoms with Crippen LogP contribution >= 0.6 is 12.2 Å². The molecule has 1 aliphatic heterocycles. The lowest BCUT2D eigenvalue weighted by Gasteiger charge is -2.26. The van der Waals surface area contributed by atoms with E-state index >= 15 is 0 Å². The van der Waals surface area contributed by atoms with E-state index in [0.717, 1.165) is 16.8 Å². The largest absolute Gasteiger partial charge is 0.453 e. The number of rotatable bonds is 5. The van der Waals surface area contributed by atoms with Gasteiger partial charge in [-0.3, -0.25) is 4.79 Å². The lowest BCUT2D eigenvalue weighted by molar-refractivity contribution is -0.129. The van der Waals surface area contributed by atoms with Gasteiger partial charge in [-0.2, -0.15) is 0 Å². The Hall–Kier alpha value is -2.98. The molecular weight excluding hydrogens is 354 g/mol. The maximum atomic E-state index is 13.6. The number of carbonyl (C=O) groups excluding carboxylic acids is 1. The van der Waals surface area contributed by atoms with Crippen molar-refractivity contribution in [2.24, 2.45) is 0 Å². The molecule has 0 aromatic heterocycles. The fourth-order valence-corrected chi connectivity index (χ4v) is 3.83. The monoisotopic (exact) mass is 373 g/mol. The summed E-state index contributed by atoms with van der Waals surface area (Å²) < 4.78 is 6.14. The number of amides is 1. The molecule has 3 aromatic rings. The summed E-state index contributed by atoms with van der Waals surface area (Å²) in [4.78, 5) is 15.1. The molecule has 0 saturated carbocycles. The number of benzene rings is 3. The topological polar surface area (TPSA) is 29.5 Å². The van der Waals surface area contributed by atoms with E-state index in [1.807, 2.05) is 91.0 Å². The van der Waals surface area contributed by atoms with Gasteiger partial charge in [0.25, 0.3) is 11.1 Å². The van der Waals surface area contributed by atoms with E-state index in [9.17, 15) is 4.79 Å². The summed E-state index contributed by atoms with van der Waals surface area (Å²) in [5, 5.41) is 0.207. The van der Waals surface area contributed by atoms with Crippen molar-refractivity contribution >= 4 is 29.0 Å². The lowest BCUT2D eigenvalue weighted by atomic mass is 9.87. The highest BCUT2D eigenvalue weighted by atomic mass is 32.1. The maximum absolute atomic E-state index is 13.6. The molecule has 4 rings (SSSR count). The van der Waals surface area contributed by atoms with E-state index < -0.39 is 5.60 Å². The molecule has 27 heavy (non-hydrogen) atoms. The van der Waals surface area contributed by atoms with Gasteiger partial charge in [0.1, 0.15) is 0 Å². The SMILES string of the molecule is O=C1N(c2ccccc2)C(=S)OC1(Cc1ccccc1)Cc1ccccc1. The molecule has 0 spiro atoms. The average molecular weight is 373 g/mol. The average Bonchev–Trinajstić information content (AvgIpc) is 2.93. The molecule has 0 unspecified atom stereocenters. The standard InChI is InChI=1S/C23H19NO2S/c25-21-23(16-18-10-4-1-5-11-18,17-19-12-6-2-7-13-19)26-22(27)24(21)20-14-8-3-9-15-20/h1-15H,16-17H2. The summed E-state index contributed by atoms with van der Waals surface area (Å²) in [5.41, 5.74) is 1.77. The number of ether oxygens (including phenoxy) is 1. The first kappa shape index (κ1) is 17.4. The van der Waals surface area contributed by atoms with Crippen molar-refractivity contribution in [3.8, 4) is 0 Å². The maximum Gasteiger partial charge on any atom is 0.279 e. The molecule has 134 valence electrons. The van der Waals surface area contributed by atoms with Gasteiger partial charge in [0.2, 0.25) is 0 Å². The van der Waals surface area contributed by atoms with Crippen molar-refractivity contribution in [2.45, 2.75) is 18.4 Å². The number of para-hydroxylation sites is 1. The van der Waals surface area contributed by atoms with Crippen LogP contribution in [-0.4, -0.2) is 16.7 Å². The van der Waals surface area contributed by atoms with Crippen LogP contribution in [0.4, 0.5) is 5.69 Å². The predicted molar refractivity (Wildman–Crippen MR) is 111 cm³/mol. The Morgan fingerprint density at radius 2 is 1.19 bits per heavy atom. The van der Waals surface area contributed by atoms with E-state index in [1.165, 1.54) is 4.90 Å². The lowest BCUT2D eigenvalue weighted by Crippen LogP contribution is -2.45. The molecule has 0 aliphatic carbocycles. The molecule has 0 bridgehead atoms. The summed E-state index contributed by atoms with van der Waals surface area (Å²) >= 11 is 5.46. The van der Waals surface area contributed by atoms with Crippen LogP contribution in [-0.2, 0) is 22.4 Å². The van der Waals surface area contributed by atoms with Crippen molar-refractivity contribution < 1.29 is 9.53 Å². The van der Waals surface area contributed by atoms with Gasteiger partial charge >= 0.3 is 0 Å². The van der Waals surface area contributed by atoms with Gasteiger partial charge in [0.05, 0.1) is 5.69 Å². The van der Waals surface area contributed by atoms with Crippen LogP contribution < -0.4 is 4.90 Å². The van der Waals surface area contributed by atoms with Gasteiger partial charge in [-0.25, -0.2) is 4.90 Å². The zero-order chi connectivity index (χ0) is 18.7.